The van der Waals surface area contributed by atoms with E-state index in [2.05, 4.69) is 27.1 Å². The van der Waals surface area contributed by atoms with E-state index < -0.39 is 24.3 Å². The summed E-state index contributed by atoms with van der Waals surface area (Å²) in [5, 5.41) is 17.6. The number of aliphatic carboxylic acids is 2. The minimum absolute atomic E-state index is 0.208. The fourth-order valence-electron chi connectivity index (χ4n) is 3.56. The summed E-state index contributed by atoms with van der Waals surface area (Å²) in [5.41, 5.74) is 1.42. The molecule has 0 amide bonds. The lowest BCUT2D eigenvalue weighted by molar-refractivity contribution is -0.193. The summed E-state index contributed by atoms with van der Waals surface area (Å²) in [6.07, 6.45) is -7.81. The summed E-state index contributed by atoms with van der Waals surface area (Å²) in [7, 11) is 1.78. The van der Waals surface area contributed by atoms with E-state index in [4.69, 9.17) is 29.3 Å². The molecule has 1 aromatic rings. The van der Waals surface area contributed by atoms with Gasteiger partial charge in [-0.15, -0.1) is 11.3 Å². The number of rotatable bonds is 5. The monoisotopic (exact) mass is 553 g/mol. The zero-order valence-corrected chi connectivity index (χ0v) is 20.5. The maximum Gasteiger partial charge on any atom is 0.490 e. The first-order valence-electron chi connectivity index (χ1n) is 10.7. The molecule has 208 valence electrons. The van der Waals surface area contributed by atoms with Gasteiger partial charge in [-0.2, -0.15) is 26.3 Å². The molecule has 0 radical (unpaired) electrons. The van der Waals surface area contributed by atoms with Crippen LogP contribution in [0.2, 0.25) is 0 Å². The van der Waals surface area contributed by atoms with Gasteiger partial charge in [-0.1, -0.05) is 0 Å². The van der Waals surface area contributed by atoms with Gasteiger partial charge in [-0.3, -0.25) is 4.90 Å². The molecule has 0 unspecified atom stereocenters. The first-order valence-corrected chi connectivity index (χ1v) is 11.5. The number of hydrogen-bond acceptors (Lipinski definition) is 8. The Balaban J connectivity index is 0.000000383. The van der Waals surface area contributed by atoms with Crippen LogP contribution in [0.3, 0.4) is 0 Å². The molecule has 2 N–H and O–H groups in total. The molecule has 1 spiro atoms. The molecule has 36 heavy (non-hydrogen) atoms. The Labute approximate surface area is 207 Å². The molecule has 16 heteroatoms. The van der Waals surface area contributed by atoms with Crippen LogP contribution >= 0.6 is 11.3 Å². The Kier molecular flexibility index (Phi) is 12.5. The van der Waals surface area contributed by atoms with Crippen molar-refractivity contribution in [3.63, 3.8) is 0 Å². The van der Waals surface area contributed by atoms with E-state index in [-0.39, 0.29) is 5.54 Å². The van der Waals surface area contributed by atoms with Crippen molar-refractivity contribution in [1.82, 2.24) is 14.8 Å². The number of carbonyl (C=O) groups is 2. The Bertz CT molecular complexity index is 804. The zero-order chi connectivity index (χ0) is 27.6. The van der Waals surface area contributed by atoms with Gasteiger partial charge in [0.25, 0.3) is 0 Å². The fraction of sp³-hybridized carbons (Fsp3) is 0.750. The number of alkyl halides is 6. The third kappa shape index (κ3) is 10.9. The third-order valence-corrected chi connectivity index (χ3v) is 6.27. The van der Waals surface area contributed by atoms with Gasteiger partial charge in [0.1, 0.15) is 0 Å². The molecule has 3 rings (SSSR count). The number of morpholine rings is 1. The highest BCUT2D eigenvalue weighted by Gasteiger charge is 2.42. The third-order valence-electron chi connectivity index (χ3n) is 5.45. The van der Waals surface area contributed by atoms with Crippen molar-refractivity contribution in [2.75, 3.05) is 53.1 Å². The highest BCUT2D eigenvalue weighted by atomic mass is 32.1. The second-order valence-corrected chi connectivity index (χ2v) is 9.06. The zero-order valence-electron chi connectivity index (χ0n) is 19.7. The molecule has 2 saturated heterocycles. The highest BCUT2D eigenvalue weighted by Crippen LogP contribution is 2.33. The molecule has 2 aliphatic heterocycles. The molecule has 3 heterocycles. The second kappa shape index (κ2) is 14.1. The summed E-state index contributed by atoms with van der Waals surface area (Å²) < 4.78 is 74.5. The number of aryl methyl sites for hydroxylation is 1. The van der Waals surface area contributed by atoms with E-state index in [1.807, 2.05) is 0 Å². The lowest BCUT2D eigenvalue weighted by Crippen LogP contribution is -2.61. The maximum atomic E-state index is 10.6. The van der Waals surface area contributed by atoms with Crippen LogP contribution in [-0.4, -0.2) is 108 Å². The summed E-state index contributed by atoms with van der Waals surface area (Å²) in [6, 6.07) is 0. The smallest absolute Gasteiger partial charge is 0.475 e. The Morgan fingerprint density at radius 3 is 2.06 bits per heavy atom. The van der Waals surface area contributed by atoms with Crippen molar-refractivity contribution >= 4 is 23.3 Å². The Morgan fingerprint density at radius 1 is 1.11 bits per heavy atom. The molecule has 0 bridgehead atoms. The second-order valence-electron chi connectivity index (χ2n) is 8.00. The molecule has 2 fully saturated rings. The van der Waals surface area contributed by atoms with Crippen LogP contribution in [0.25, 0.3) is 0 Å². The topological polar surface area (TPSA) is 112 Å². The Morgan fingerprint density at radius 2 is 1.64 bits per heavy atom. The Hall–Kier alpha value is -2.01. The molecule has 2 aliphatic rings. The minimum Gasteiger partial charge on any atom is -0.475 e. The van der Waals surface area contributed by atoms with E-state index in [9.17, 15) is 26.3 Å². The quantitative estimate of drug-likeness (QED) is 0.532. The summed E-state index contributed by atoms with van der Waals surface area (Å²) in [5.74, 6) is -5.51. The molecule has 0 saturated carbocycles. The predicted molar refractivity (Wildman–Crippen MR) is 116 cm³/mol. The SMILES string of the molecule is COCCN1CCC2(CC1)COCCN2Cc1csc(C)n1.O=C(O)C(F)(F)F.O=C(O)C(F)(F)F. The van der Waals surface area contributed by atoms with Crippen molar-refractivity contribution in [2.24, 2.45) is 0 Å². The van der Waals surface area contributed by atoms with Crippen LogP contribution in [-0.2, 0) is 25.6 Å². The highest BCUT2D eigenvalue weighted by molar-refractivity contribution is 7.09. The van der Waals surface area contributed by atoms with Crippen molar-refractivity contribution in [3.8, 4) is 0 Å². The van der Waals surface area contributed by atoms with Gasteiger partial charge in [0.2, 0.25) is 0 Å². The van der Waals surface area contributed by atoms with Crippen molar-refractivity contribution in [2.45, 2.75) is 44.2 Å². The number of carboxylic acids is 2. The summed E-state index contributed by atoms with van der Waals surface area (Å²) in [4.78, 5) is 27.6. The number of nitrogens with zero attached hydrogens (tertiary/aromatic N) is 3. The molecular weight excluding hydrogens is 524 g/mol. The number of piperidine rings is 1. The number of likely N-dealkylation sites (tertiary alicyclic amines) is 1. The number of carboxylic acid groups (broad SMARTS) is 2. The first-order chi connectivity index (χ1) is 16.6. The molecular formula is C20H29F6N3O6S. The van der Waals surface area contributed by atoms with Crippen LogP contribution in [0.4, 0.5) is 26.3 Å². The fourth-order valence-corrected chi connectivity index (χ4v) is 4.17. The average Bonchev–Trinajstić information content (AvgIpc) is 3.19. The number of ether oxygens (including phenoxy) is 2. The summed E-state index contributed by atoms with van der Waals surface area (Å²) in [6.45, 7) is 9.92. The molecule has 0 atom stereocenters. The maximum absolute atomic E-state index is 10.6. The first kappa shape index (κ1) is 32.0. The van der Waals surface area contributed by atoms with Crippen LogP contribution in [0.15, 0.2) is 5.38 Å². The van der Waals surface area contributed by atoms with Crippen LogP contribution in [0.5, 0.6) is 0 Å². The molecule has 0 aliphatic carbocycles. The molecule has 0 aromatic carbocycles. The lowest BCUT2D eigenvalue weighted by Gasteiger charge is -2.51. The van der Waals surface area contributed by atoms with Gasteiger partial charge in [-0.25, -0.2) is 14.6 Å². The van der Waals surface area contributed by atoms with Gasteiger partial charge >= 0.3 is 24.3 Å². The van der Waals surface area contributed by atoms with Crippen molar-refractivity contribution < 1.29 is 55.6 Å². The van der Waals surface area contributed by atoms with Crippen molar-refractivity contribution in [1.29, 1.82) is 0 Å². The van der Waals surface area contributed by atoms with Gasteiger partial charge in [0.05, 0.1) is 30.5 Å². The number of thiazole rings is 1. The number of methoxy groups -OCH3 is 1. The lowest BCUT2D eigenvalue weighted by atomic mass is 9.85. The largest absolute Gasteiger partial charge is 0.490 e. The number of halogens is 6. The van der Waals surface area contributed by atoms with E-state index >= 15 is 0 Å². The molecule has 9 nitrogen and oxygen atoms in total. The minimum atomic E-state index is -5.08. The van der Waals surface area contributed by atoms with Gasteiger partial charge in [-0.05, 0) is 19.8 Å². The number of hydrogen-bond donors (Lipinski definition) is 2. The van der Waals surface area contributed by atoms with Gasteiger partial charge < -0.3 is 24.6 Å². The van der Waals surface area contributed by atoms with Crippen molar-refractivity contribution in [3.05, 3.63) is 16.1 Å². The van der Waals surface area contributed by atoms with E-state index in [0.717, 1.165) is 57.6 Å². The molecule has 1 aromatic heterocycles. The summed E-state index contributed by atoms with van der Waals surface area (Å²) >= 11 is 1.75. The predicted octanol–water partition coefficient (Wildman–Crippen LogP) is 3.03. The van der Waals surface area contributed by atoms with E-state index in [0.29, 0.717) is 0 Å². The van der Waals surface area contributed by atoms with Gasteiger partial charge in [0.15, 0.2) is 0 Å². The normalized spacial score (nSPS) is 18.6. The van der Waals surface area contributed by atoms with Crippen LogP contribution < -0.4 is 0 Å². The van der Waals surface area contributed by atoms with Crippen LogP contribution in [0, 0.1) is 6.92 Å². The standard InChI is InChI=1S/C16H27N3O2S.2C2HF3O2/c1-14-17-15(12-22-14)11-19-8-10-21-13-16(19)3-5-18(6-4-16)7-9-20-2;2*3-2(4,5)1(6)7/h12H,3-11,13H2,1-2H3;2*(H,6,7). The van der Waals surface area contributed by atoms with E-state index in [1.165, 1.54) is 18.5 Å². The van der Waals surface area contributed by atoms with Crippen LogP contribution in [0.1, 0.15) is 23.5 Å². The number of aromatic nitrogens is 1. The van der Waals surface area contributed by atoms with Gasteiger partial charge in [0, 0.05) is 50.8 Å². The average molecular weight is 554 g/mol. The van der Waals surface area contributed by atoms with E-state index in [1.54, 1.807) is 18.4 Å².